The van der Waals surface area contributed by atoms with Crippen LogP contribution in [-0.4, -0.2) is 36.1 Å². The molecule has 0 saturated carbocycles. The normalized spacial score (nSPS) is 17.5. The largest absolute Gasteiger partial charge is 0.372 e. The van der Waals surface area contributed by atoms with Crippen molar-refractivity contribution in [3.8, 4) is 0 Å². The molecular weight excluding hydrogens is 244 g/mol. The van der Waals surface area contributed by atoms with Gasteiger partial charge in [-0.05, 0) is 38.4 Å². The summed E-state index contributed by atoms with van der Waals surface area (Å²) in [6, 6.07) is 6.66. The van der Waals surface area contributed by atoms with Gasteiger partial charge in [0.2, 0.25) is 0 Å². The summed E-state index contributed by atoms with van der Waals surface area (Å²) in [4.78, 5) is 12.7. The van der Waals surface area contributed by atoms with Crippen molar-refractivity contribution in [1.82, 2.24) is 4.90 Å². The van der Waals surface area contributed by atoms with Gasteiger partial charge >= 0.3 is 0 Å². The van der Waals surface area contributed by atoms with E-state index in [2.05, 4.69) is 4.90 Å². The van der Waals surface area contributed by atoms with Crippen molar-refractivity contribution in [3.05, 3.63) is 39.9 Å². The van der Waals surface area contributed by atoms with Crippen LogP contribution in [0, 0.1) is 10.1 Å². The third-order valence-electron chi connectivity index (χ3n) is 3.52. The van der Waals surface area contributed by atoms with E-state index in [4.69, 9.17) is 4.74 Å². The average Bonchev–Trinajstić information content (AvgIpc) is 2.92. The molecule has 1 fully saturated rings. The van der Waals surface area contributed by atoms with E-state index >= 15 is 0 Å². The van der Waals surface area contributed by atoms with Crippen LogP contribution >= 0.6 is 0 Å². The number of hydrogen-bond acceptors (Lipinski definition) is 4. The van der Waals surface area contributed by atoms with Gasteiger partial charge in [-0.15, -0.1) is 0 Å². The van der Waals surface area contributed by atoms with E-state index in [9.17, 15) is 10.1 Å². The van der Waals surface area contributed by atoms with Crippen molar-refractivity contribution in [2.75, 3.05) is 26.2 Å². The van der Waals surface area contributed by atoms with E-state index in [1.54, 1.807) is 12.1 Å². The fourth-order valence-electron chi connectivity index (χ4n) is 2.35. The lowest BCUT2D eigenvalue weighted by molar-refractivity contribution is -0.385. The Morgan fingerprint density at radius 3 is 2.84 bits per heavy atom. The molecule has 5 heteroatoms. The Bertz CT molecular complexity index is 430. The highest BCUT2D eigenvalue weighted by atomic mass is 16.6. The zero-order chi connectivity index (χ0) is 13.7. The van der Waals surface area contributed by atoms with E-state index in [-0.39, 0.29) is 16.7 Å². The molecule has 1 unspecified atom stereocenters. The van der Waals surface area contributed by atoms with Gasteiger partial charge in [0.25, 0.3) is 5.69 Å². The second kappa shape index (κ2) is 6.63. The fraction of sp³-hybridized carbons (Fsp3) is 0.571. The molecule has 0 amide bonds. The number of ether oxygens (including phenoxy) is 1. The standard InChI is InChI=1S/C14H20N2O3/c1-12(19-10-9-15-7-2-3-8-15)13-5-4-6-14(11-13)16(17)18/h4-6,11-12H,2-3,7-10H2,1H3. The maximum absolute atomic E-state index is 10.7. The number of likely N-dealkylation sites (tertiary alicyclic amines) is 1. The van der Waals surface area contributed by atoms with Crippen LogP contribution in [0.15, 0.2) is 24.3 Å². The molecule has 5 nitrogen and oxygen atoms in total. The molecule has 19 heavy (non-hydrogen) atoms. The van der Waals surface area contributed by atoms with Crippen molar-refractivity contribution in [2.24, 2.45) is 0 Å². The van der Waals surface area contributed by atoms with Gasteiger partial charge in [0, 0.05) is 18.7 Å². The first kappa shape index (κ1) is 14.0. The molecule has 1 aromatic carbocycles. The maximum atomic E-state index is 10.7. The quantitative estimate of drug-likeness (QED) is 0.585. The summed E-state index contributed by atoms with van der Waals surface area (Å²) in [7, 11) is 0. The van der Waals surface area contributed by atoms with Crippen molar-refractivity contribution in [3.63, 3.8) is 0 Å². The smallest absolute Gasteiger partial charge is 0.269 e. The average molecular weight is 264 g/mol. The minimum atomic E-state index is -0.375. The van der Waals surface area contributed by atoms with E-state index in [1.807, 2.05) is 13.0 Å². The molecule has 1 atom stereocenters. The van der Waals surface area contributed by atoms with Crippen molar-refractivity contribution in [2.45, 2.75) is 25.9 Å². The van der Waals surface area contributed by atoms with Crippen LogP contribution in [0.4, 0.5) is 5.69 Å². The second-order valence-corrected chi connectivity index (χ2v) is 4.91. The van der Waals surface area contributed by atoms with Crippen LogP contribution in [0.5, 0.6) is 0 Å². The van der Waals surface area contributed by atoms with Crippen LogP contribution in [0.25, 0.3) is 0 Å². The Hall–Kier alpha value is -1.46. The van der Waals surface area contributed by atoms with Crippen molar-refractivity contribution >= 4 is 5.69 Å². The molecule has 1 aliphatic rings. The number of hydrogen-bond donors (Lipinski definition) is 0. The first-order valence-electron chi connectivity index (χ1n) is 6.75. The van der Waals surface area contributed by atoms with E-state index in [1.165, 1.54) is 18.9 Å². The zero-order valence-electron chi connectivity index (χ0n) is 11.2. The summed E-state index contributed by atoms with van der Waals surface area (Å²) in [6.07, 6.45) is 2.45. The molecular formula is C14H20N2O3. The summed E-state index contributed by atoms with van der Waals surface area (Å²) >= 11 is 0. The minimum Gasteiger partial charge on any atom is -0.372 e. The molecule has 1 aromatic rings. The number of non-ortho nitro benzene ring substituents is 1. The van der Waals surface area contributed by atoms with Crippen LogP contribution in [0.3, 0.4) is 0 Å². The lowest BCUT2D eigenvalue weighted by Gasteiger charge is -2.17. The van der Waals surface area contributed by atoms with Gasteiger partial charge in [0.1, 0.15) is 0 Å². The monoisotopic (exact) mass is 264 g/mol. The Labute approximate surface area is 113 Å². The van der Waals surface area contributed by atoms with Crippen LogP contribution in [-0.2, 0) is 4.74 Å². The first-order valence-corrected chi connectivity index (χ1v) is 6.75. The van der Waals surface area contributed by atoms with Gasteiger partial charge in [-0.25, -0.2) is 0 Å². The Balaban J connectivity index is 1.83. The molecule has 0 spiro atoms. The Morgan fingerprint density at radius 2 is 2.16 bits per heavy atom. The molecule has 104 valence electrons. The number of rotatable bonds is 6. The van der Waals surface area contributed by atoms with Crippen molar-refractivity contribution in [1.29, 1.82) is 0 Å². The Kier molecular flexibility index (Phi) is 4.87. The molecule has 1 heterocycles. The summed E-state index contributed by atoms with van der Waals surface area (Å²) in [5, 5.41) is 10.7. The molecule has 2 rings (SSSR count). The Morgan fingerprint density at radius 1 is 1.42 bits per heavy atom. The summed E-state index contributed by atoms with van der Waals surface area (Å²) < 4.78 is 5.76. The molecule has 0 radical (unpaired) electrons. The van der Waals surface area contributed by atoms with Crippen LogP contribution in [0.1, 0.15) is 31.4 Å². The highest BCUT2D eigenvalue weighted by Gasteiger charge is 2.13. The molecule has 0 N–H and O–H groups in total. The molecule has 1 aliphatic heterocycles. The summed E-state index contributed by atoms with van der Waals surface area (Å²) in [5.74, 6) is 0. The molecule has 1 saturated heterocycles. The van der Waals surface area contributed by atoms with Gasteiger partial charge in [-0.3, -0.25) is 10.1 Å². The summed E-state index contributed by atoms with van der Waals surface area (Å²) in [6.45, 7) is 5.87. The fourth-order valence-corrected chi connectivity index (χ4v) is 2.35. The molecule has 0 aromatic heterocycles. The van der Waals surface area contributed by atoms with Crippen molar-refractivity contribution < 1.29 is 9.66 Å². The van der Waals surface area contributed by atoms with Crippen LogP contribution in [0.2, 0.25) is 0 Å². The molecule has 0 bridgehead atoms. The van der Waals surface area contributed by atoms with E-state index in [0.29, 0.717) is 6.61 Å². The first-order chi connectivity index (χ1) is 9.16. The predicted molar refractivity (Wildman–Crippen MR) is 73.1 cm³/mol. The third-order valence-corrected chi connectivity index (χ3v) is 3.52. The van der Waals surface area contributed by atoms with Gasteiger partial charge in [0.05, 0.1) is 17.6 Å². The van der Waals surface area contributed by atoms with Gasteiger partial charge in [0.15, 0.2) is 0 Å². The molecule has 0 aliphatic carbocycles. The van der Waals surface area contributed by atoms with E-state index in [0.717, 1.165) is 25.2 Å². The van der Waals surface area contributed by atoms with Gasteiger partial charge < -0.3 is 9.64 Å². The third kappa shape index (κ3) is 4.01. The minimum absolute atomic E-state index is 0.109. The topological polar surface area (TPSA) is 55.6 Å². The lowest BCUT2D eigenvalue weighted by atomic mass is 10.1. The number of benzene rings is 1. The van der Waals surface area contributed by atoms with Gasteiger partial charge in [-0.2, -0.15) is 0 Å². The predicted octanol–water partition coefficient (Wildman–Crippen LogP) is 2.77. The maximum Gasteiger partial charge on any atom is 0.269 e. The summed E-state index contributed by atoms with van der Waals surface area (Å²) in [5.41, 5.74) is 0.975. The SMILES string of the molecule is CC(OCCN1CCCC1)c1cccc([N+](=O)[O-])c1. The van der Waals surface area contributed by atoms with E-state index < -0.39 is 0 Å². The second-order valence-electron chi connectivity index (χ2n) is 4.91. The highest BCUT2D eigenvalue weighted by Crippen LogP contribution is 2.21. The van der Waals surface area contributed by atoms with Gasteiger partial charge in [-0.1, -0.05) is 12.1 Å². The zero-order valence-corrected chi connectivity index (χ0v) is 11.2. The number of nitrogens with zero attached hydrogens (tertiary/aromatic N) is 2. The lowest BCUT2D eigenvalue weighted by Crippen LogP contribution is -2.24. The van der Waals surface area contributed by atoms with Crippen LogP contribution < -0.4 is 0 Å². The number of nitro groups is 1. The number of nitro benzene ring substituents is 1. The highest BCUT2D eigenvalue weighted by molar-refractivity contribution is 5.35.